The number of hydrogen-bond acceptors (Lipinski definition) is 10. The molecule has 11 nitrogen and oxygen atoms in total. The summed E-state index contributed by atoms with van der Waals surface area (Å²) in [6.07, 6.45) is 85.7. The van der Waals surface area contributed by atoms with Crippen molar-refractivity contribution in [2.45, 2.75) is 429 Å². The second-order valence-corrected chi connectivity index (χ2v) is 27.7. The van der Waals surface area contributed by atoms with Crippen LogP contribution in [0.25, 0.3) is 0 Å². The number of carbonyl (C=O) groups excluding carboxylic acids is 2. The third kappa shape index (κ3) is 59.2. The van der Waals surface area contributed by atoms with Crippen LogP contribution in [0, 0.1) is 0 Å². The molecule has 1 rings (SSSR count). The second-order valence-electron chi connectivity index (χ2n) is 27.7. The Morgan fingerprint density at radius 3 is 1.15 bits per heavy atom. The molecule has 0 spiro atoms. The van der Waals surface area contributed by atoms with Gasteiger partial charge in [0, 0.05) is 12.8 Å². The Labute approximate surface area is 573 Å². The number of nitrogens with one attached hydrogen (secondary N) is 1. The van der Waals surface area contributed by atoms with Crippen molar-refractivity contribution in [3.8, 4) is 0 Å². The van der Waals surface area contributed by atoms with Crippen molar-refractivity contribution < 1.29 is 49.3 Å². The van der Waals surface area contributed by atoms with E-state index in [1.54, 1.807) is 6.08 Å². The Morgan fingerprint density at radius 2 is 0.731 bits per heavy atom. The smallest absolute Gasteiger partial charge is 0.305 e. The monoisotopic (exact) mass is 1310 g/mol. The number of aliphatic hydroxyl groups excluding tert-OH is 5. The van der Waals surface area contributed by atoms with Gasteiger partial charge in [-0.05, 0) is 103 Å². The SMILES string of the molecule is CCCCC/C=C/CC/C=C/C(O)C(COC1OC(CO)C(O)C(O)C1O)NC(=O)CCCCCCCCCCCCCCCCCCC/C=C\C/C=C\CCCCCCCCCCCCCCCCCOC(=O)CCCCCCCCC/C=C\CCCCCCCC. The molecule has 1 aliphatic heterocycles. The Kier molecular flexibility index (Phi) is 67.2. The van der Waals surface area contributed by atoms with Gasteiger partial charge < -0.3 is 45.1 Å². The van der Waals surface area contributed by atoms with E-state index in [1.165, 1.54) is 295 Å². The van der Waals surface area contributed by atoms with Crippen molar-refractivity contribution in [2.24, 2.45) is 0 Å². The first-order valence-electron chi connectivity index (χ1n) is 40.1. The lowest BCUT2D eigenvalue weighted by Crippen LogP contribution is -2.60. The van der Waals surface area contributed by atoms with E-state index < -0.39 is 49.5 Å². The highest BCUT2D eigenvalue weighted by Gasteiger charge is 2.44. The van der Waals surface area contributed by atoms with Gasteiger partial charge in [0.25, 0.3) is 0 Å². The number of allylic oxidation sites excluding steroid dienone is 9. The normalized spacial score (nSPS) is 17.8. The Morgan fingerprint density at radius 1 is 0.398 bits per heavy atom. The molecule has 0 radical (unpaired) electrons. The zero-order valence-electron chi connectivity index (χ0n) is 60.7. The van der Waals surface area contributed by atoms with Crippen LogP contribution in [0.1, 0.15) is 386 Å². The van der Waals surface area contributed by atoms with Crippen molar-refractivity contribution in [2.75, 3.05) is 19.8 Å². The maximum absolute atomic E-state index is 13.0. The quantitative estimate of drug-likeness (QED) is 0.0195. The van der Waals surface area contributed by atoms with Gasteiger partial charge in [-0.15, -0.1) is 0 Å². The molecule has 1 amide bonds. The van der Waals surface area contributed by atoms with Crippen molar-refractivity contribution >= 4 is 11.9 Å². The van der Waals surface area contributed by atoms with E-state index in [0.717, 1.165) is 64.2 Å². The number of amides is 1. The number of carbonyl (C=O) groups is 2. The minimum Gasteiger partial charge on any atom is -0.466 e. The van der Waals surface area contributed by atoms with Gasteiger partial charge in [-0.25, -0.2) is 0 Å². The number of esters is 1. The summed E-state index contributed by atoms with van der Waals surface area (Å²) < 4.78 is 16.7. The van der Waals surface area contributed by atoms with Crippen molar-refractivity contribution in [1.82, 2.24) is 5.32 Å². The van der Waals surface area contributed by atoms with Gasteiger partial charge in [-0.2, -0.15) is 0 Å². The third-order valence-corrected chi connectivity index (χ3v) is 18.8. The lowest BCUT2D eigenvalue weighted by molar-refractivity contribution is -0.302. The highest BCUT2D eigenvalue weighted by Crippen LogP contribution is 2.24. The molecule has 6 N–H and O–H groups in total. The predicted octanol–water partition coefficient (Wildman–Crippen LogP) is 21.6. The van der Waals surface area contributed by atoms with E-state index in [9.17, 15) is 35.1 Å². The minimum absolute atomic E-state index is 0.0113. The first-order valence-corrected chi connectivity index (χ1v) is 40.1. The first-order chi connectivity index (χ1) is 45.7. The van der Waals surface area contributed by atoms with E-state index in [0.29, 0.717) is 19.4 Å². The molecule has 0 aromatic rings. The van der Waals surface area contributed by atoms with E-state index in [4.69, 9.17) is 14.2 Å². The summed E-state index contributed by atoms with van der Waals surface area (Å²) in [6, 6.07) is -0.825. The van der Waals surface area contributed by atoms with Gasteiger partial charge in [0.15, 0.2) is 6.29 Å². The van der Waals surface area contributed by atoms with Crippen LogP contribution < -0.4 is 5.32 Å². The number of ether oxygens (including phenoxy) is 3. The predicted molar refractivity (Wildman–Crippen MR) is 393 cm³/mol. The maximum Gasteiger partial charge on any atom is 0.305 e. The summed E-state index contributed by atoms with van der Waals surface area (Å²) in [5, 5.41) is 54.3. The number of rotatable bonds is 71. The summed E-state index contributed by atoms with van der Waals surface area (Å²) >= 11 is 0. The van der Waals surface area contributed by atoms with Crippen molar-refractivity contribution in [3.63, 3.8) is 0 Å². The molecule has 0 aromatic carbocycles. The topological polar surface area (TPSA) is 175 Å². The minimum atomic E-state index is -1.57. The fourth-order valence-corrected chi connectivity index (χ4v) is 12.5. The summed E-state index contributed by atoms with van der Waals surface area (Å²) in [4.78, 5) is 25.1. The maximum atomic E-state index is 13.0. The van der Waals surface area contributed by atoms with Crippen LogP contribution in [0.3, 0.4) is 0 Å². The molecule has 93 heavy (non-hydrogen) atoms. The van der Waals surface area contributed by atoms with E-state index in [1.807, 2.05) is 6.08 Å². The zero-order chi connectivity index (χ0) is 67.2. The molecule has 1 aliphatic rings. The lowest BCUT2D eigenvalue weighted by atomic mass is 9.99. The van der Waals surface area contributed by atoms with Gasteiger partial charge in [-0.3, -0.25) is 9.59 Å². The largest absolute Gasteiger partial charge is 0.466 e. The molecular formula is C82H151NO10. The standard InChI is InChI=1S/C82H151NO10/c1-3-5-7-9-11-13-14-15-16-40-44-47-50-54-58-62-66-70-78(87)91-71-67-63-59-55-51-48-45-42-39-37-35-33-31-29-27-25-23-21-19-17-18-20-22-24-26-28-30-32-34-36-38-41-43-46-49-53-57-61-65-69-77(86)83-74(75(85)68-64-60-56-52-12-10-8-6-4-2)73-92-82-81(90)80(89)79(88)76(72-84)93-82/h12,15-18,21,23,52,64,68,74-76,79-82,84-85,88-90H,3-11,13-14,19-20,22,24-51,53-63,65-67,69-73H2,1-2H3,(H,83,86)/b16-15-,18-17-,23-21-,52-12+,68-64+. The second kappa shape index (κ2) is 70.7. The Bertz CT molecular complexity index is 1730. The molecule has 7 unspecified atom stereocenters. The van der Waals surface area contributed by atoms with Crippen LogP contribution in [-0.4, -0.2) is 100 Å². The van der Waals surface area contributed by atoms with Gasteiger partial charge in [0.1, 0.15) is 24.4 Å². The average molecular weight is 1310 g/mol. The molecular weight excluding hydrogens is 1160 g/mol. The molecule has 0 saturated carbocycles. The first kappa shape index (κ1) is 88.4. The van der Waals surface area contributed by atoms with Crippen LogP contribution in [0.2, 0.25) is 0 Å². The van der Waals surface area contributed by atoms with Crippen molar-refractivity contribution in [1.29, 1.82) is 0 Å². The molecule has 7 atom stereocenters. The summed E-state index contributed by atoms with van der Waals surface area (Å²) in [5.41, 5.74) is 0. The van der Waals surface area contributed by atoms with Crippen molar-refractivity contribution in [3.05, 3.63) is 60.8 Å². The Balaban J connectivity index is 1.86. The molecule has 544 valence electrons. The fraction of sp³-hybridized carbons (Fsp3) is 0.854. The summed E-state index contributed by atoms with van der Waals surface area (Å²) in [6.45, 7) is 4.31. The molecule has 1 saturated heterocycles. The molecule has 0 aliphatic carbocycles. The molecule has 1 heterocycles. The molecule has 0 bridgehead atoms. The van der Waals surface area contributed by atoms with E-state index in [2.05, 4.69) is 67.8 Å². The van der Waals surface area contributed by atoms with Crippen LogP contribution in [0.5, 0.6) is 0 Å². The number of unbranched alkanes of at least 4 members (excludes halogenated alkanes) is 49. The van der Waals surface area contributed by atoms with Crippen LogP contribution >= 0.6 is 0 Å². The number of hydrogen-bond donors (Lipinski definition) is 6. The average Bonchev–Trinajstić information content (AvgIpc) is 1.06. The fourth-order valence-electron chi connectivity index (χ4n) is 12.5. The van der Waals surface area contributed by atoms with Crippen LogP contribution in [-0.2, 0) is 23.8 Å². The highest BCUT2D eigenvalue weighted by molar-refractivity contribution is 5.76. The van der Waals surface area contributed by atoms with E-state index in [-0.39, 0.29) is 18.5 Å². The van der Waals surface area contributed by atoms with Crippen LogP contribution in [0.4, 0.5) is 0 Å². The molecule has 0 aromatic heterocycles. The van der Waals surface area contributed by atoms with Gasteiger partial charge in [0.2, 0.25) is 5.91 Å². The lowest BCUT2D eigenvalue weighted by Gasteiger charge is -2.40. The van der Waals surface area contributed by atoms with Gasteiger partial charge in [-0.1, -0.05) is 331 Å². The number of aliphatic hydroxyl groups is 5. The molecule has 11 heteroatoms. The molecule has 1 fully saturated rings. The Hall–Kier alpha value is -2.64. The summed E-state index contributed by atoms with van der Waals surface area (Å²) in [7, 11) is 0. The third-order valence-electron chi connectivity index (χ3n) is 18.8. The van der Waals surface area contributed by atoms with Crippen LogP contribution in [0.15, 0.2) is 60.8 Å². The van der Waals surface area contributed by atoms with E-state index >= 15 is 0 Å². The highest BCUT2D eigenvalue weighted by atomic mass is 16.7. The zero-order valence-corrected chi connectivity index (χ0v) is 60.7. The van der Waals surface area contributed by atoms with Gasteiger partial charge in [0.05, 0.1) is 32.0 Å². The summed E-state index contributed by atoms with van der Waals surface area (Å²) in [5.74, 6) is -0.179. The van der Waals surface area contributed by atoms with Gasteiger partial charge >= 0.3 is 5.97 Å².